The van der Waals surface area contributed by atoms with E-state index in [1.54, 1.807) is 23.1 Å². The molecule has 3 aromatic rings. The van der Waals surface area contributed by atoms with Crippen LogP contribution in [0.4, 0.5) is 21.0 Å². The van der Waals surface area contributed by atoms with E-state index in [4.69, 9.17) is 26.2 Å². The molecule has 2 aliphatic heterocycles. The minimum absolute atomic E-state index is 0.0999. The van der Waals surface area contributed by atoms with Crippen LogP contribution in [0.1, 0.15) is 53.6 Å². The standard InChI is InChI=1S/C33H33ClN4O7/c34-22-9-14-27-26(18-22)33(45-32(43)37-27)15-16-38(19-33)30(40)28(36-29(39)21-7-10-23(11-8-21)35-31(41)42)17-20-5-12-25(13-6-20)44-24-3-1-2-4-24/h5-14,18,24,28,35H,1-4,15-17,19H2,(H,36,39)(H,37,43)(H,41,42)/t28-,33?/m0/s1. The second kappa shape index (κ2) is 12.7. The van der Waals surface area contributed by atoms with Gasteiger partial charge in [0.25, 0.3) is 5.91 Å². The molecule has 2 heterocycles. The Balaban J connectivity index is 1.22. The summed E-state index contributed by atoms with van der Waals surface area (Å²) in [6, 6.07) is 17.6. The molecule has 234 valence electrons. The number of carbonyl (C=O) groups excluding carboxylic acids is 3. The highest BCUT2D eigenvalue weighted by atomic mass is 35.5. The van der Waals surface area contributed by atoms with Gasteiger partial charge in [-0.25, -0.2) is 9.59 Å². The van der Waals surface area contributed by atoms with Crippen LogP contribution in [0.25, 0.3) is 0 Å². The van der Waals surface area contributed by atoms with Crippen molar-refractivity contribution in [3.63, 3.8) is 0 Å². The number of nitrogens with zero attached hydrogens (tertiary/aromatic N) is 1. The number of carboxylic acid groups (broad SMARTS) is 1. The molecule has 1 unspecified atom stereocenters. The van der Waals surface area contributed by atoms with E-state index in [2.05, 4.69) is 16.0 Å². The minimum Gasteiger partial charge on any atom is -0.490 e. The van der Waals surface area contributed by atoms with Gasteiger partial charge < -0.3 is 24.8 Å². The first-order chi connectivity index (χ1) is 21.7. The zero-order valence-corrected chi connectivity index (χ0v) is 25.1. The van der Waals surface area contributed by atoms with Crippen LogP contribution >= 0.6 is 11.6 Å². The van der Waals surface area contributed by atoms with E-state index >= 15 is 0 Å². The number of benzene rings is 3. The lowest BCUT2D eigenvalue weighted by Crippen LogP contribution is -2.50. The molecule has 1 aliphatic carbocycles. The highest BCUT2D eigenvalue weighted by molar-refractivity contribution is 6.30. The molecule has 0 radical (unpaired) electrons. The fourth-order valence-corrected chi connectivity index (χ4v) is 6.44. The van der Waals surface area contributed by atoms with Gasteiger partial charge in [-0.1, -0.05) is 23.7 Å². The van der Waals surface area contributed by atoms with E-state index in [9.17, 15) is 19.2 Å². The van der Waals surface area contributed by atoms with Crippen LogP contribution in [-0.2, 0) is 21.6 Å². The molecule has 12 heteroatoms. The van der Waals surface area contributed by atoms with Gasteiger partial charge in [-0.15, -0.1) is 0 Å². The van der Waals surface area contributed by atoms with Gasteiger partial charge in [0.2, 0.25) is 5.91 Å². The summed E-state index contributed by atoms with van der Waals surface area (Å²) in [6.45, 7) is 0.400. The molecule has 0 bridgehead atoms. The molecule has 4 N–H and O–H groups in total. The molecular weight excluding hydrogens is 600 g/mol. The van der Waals surface area contributed by atoms with Crippen LogP contribution in [0.5, 0.6) is 5.75 Å². The van der Waals surface area contributed by atoms with Crippen LogP contribution in [0.3, 0.4) is 0 Å². The number of likely N-dealkylation sites (tertiary alicyclic amines) is 1. The molecule has 1 saturated carbocycles. The highest BCUT2D eigenvalue weighted by Gasteiger charge is 2.49. The number of nitrogens with one attached hydrogen (secondary N) is 3. The largest absolute Gasteiger partial charge is 0.490 e. The number of anilines is 2. The van der Waals surface area contributed by atoms with Gasteiger partial charge in [0, 0.05) is 41.2 Å². The van der Waals surface area contributed by atoms with Crippen molar-refractivity contribution < 1.29 is 33.8 Å². The summed E-state index contributed by atoms with van der Waals surface area (Å²) in [4.78, 5) is 52.5. The van der Waals surface area contributed by atoms with Crippen LogP contribution in [0.15, 0.2) is 66.7 Å². The minimum atomic E-state index is -1.22. The van der Waals surface area contributed by atoms with Crippen molar-refractivity contribution in [1.29, 1.82) is 0 Å². The highest BCUT2D eigenvalue weighted by Crippen LogP contribution is 2.44. The summed E-state index contributed by atoms with van der Waals surface area (Å²) in [5.74, 6) is -0.0521. The van der Waals surface area contributed by atoms with Crippen molar-refractivity contribution >= 4 is 47.0 Å². The van der Waals surface area contributed by atoms with Gasteiger partial charge in [-0.2, -0.15) is 0 Å². The molecule has 3 aliphatic rings. The van der Waals surface area contributed by atoms with Gasteiger partial charge in [0.05, 0.1) is 18.3 Å². The number of hydrogen-bond donors (Lipinski definition) is 4. The molecule has 6 rings (SSSR count). The lowest BCUT2D eigenvalue weighted by Gasteiger charge is -2.35. The zero-order chi connectivity index (χ0) is 31.6. The van der Waals surface area contributed by atoms with E-state index in [-0.39, 0.29) is 30.5 Å². The van der Waals surface area contributed by atoms with Crippen molar-refractivity contribution in [2.45, 2.75) is 56.3 Å². The first kappa shape index (κ1) is 30.3. The Bertz CT molecular complexity index is 1610. The van der Waals surface area contributed by atoms with Gasteiger partial charge in [0.15, 0.2) is 5.60 Å². The Kier molecular flexibility index (Phi) is 8.53. The molecule has 1 spiro atoms. The Morgan fingerprint density at radius 3 is 2.51 bits per heavy atom. The topological polar surface area (TPSA) is 146 Å². The average molecular weight is 633 g/mol. The van der Waals surface area contributed by atoms with Crippen molar-refractivity contribution in [1.82, 2.24) is 10.2 Å². The van der Waals surface area contributed by atoms with E-state index in [1.807, 2.05) is 24.3 Å². The quantitative estimate of drug-likeness (QED) is 0.246. The molecule has 1 saturated heterocycles. The molecule has 45 heavy (non-hydrogen) atoms. The van der Waals surface area contributed by atoms with E-state index in [1.165, 1.54) is 24.3 Å². The van der Waals surface area contributed by atoms with Gasteiger partial charge >= 0.3 is 12.2 Å². The Morgan fingerprint density at radius 1 is 1.07 bits per heavy atom. The Labute approximate surface area is 264 Å². The van der Waals surface area contributed by atoms with Gasteiger partial charge in [-0.05, 0) is 85.8 Å². The van der Waals surface area contributed by atoms with Crippen LogP contribution in [-0.4, -0.2) is 59.2 Å². The van der Waals surface area contributed by atoms with Gasteiger partial charge in [0.1, 0.15) is 11.8 Å². The fraction of sp³-hybridized carbons (Fsp3) is 0.333. The smallest absolute Gasteiger partial charge is 0.412 e. The number of hydrogen-bond acceptors (Lipinski definition) is 6. The summed E-state index contributed by atoms with van der Waals surface area (Å²) in [5, 5.41) is 17.2. The third kappa shape index (κ3) is 6.83. The third-order valence-corrected chi connectivity index (χ3v) is 8.75. The maximum atomic E-state index is 14.1. The predicted octanol–water partition coefficient (Wildman–Crippen LogP) is 5.78. The monoisotopic (exact) mass is 632 g/mol. The van der Waals surface area contributed by atoms with Crippen LogP contribution < -0.4 is 20.7 Å². The van der Waals surface area contributed by atoms with Crippen LogP contribution in [0, 0.1) is 0 Å². The first-order valence-corrected chi connectivity index (χ1v) is 15.3. The average Bonchev–Trinajstić information content (AvgIpc) is 3.68. The lowest BCUT2D eigenvalue weighted by atomic mass is 9.90. The number of fused-ring (bicyclic) bond motifs is 2. The van der Waals surface area contributed by atoms with E-state index < -0.39 is 29.7 Å². The third-order valence-electron chi connectivity index (χ3n) is 8.51. The van der Waals surface area contributed by atoms with Crippen LogP contribution in [0.2, 0.25) is 5.02 Å². The number of halogens is 1. The number of rotatable bonds is 8. The maximum absolute atomic E-state index is 14.1. The van der Waals surface area contributed by atoms with Crippen molar-refractivity contribution in [2.75, 3.05) is 23.7 Å². The SMILES string of the molecule is O=C(O)Nc1ccc(C(=O)N[C@@H](Cc2ccc(OC3CCCC3)cc2)C(=O)N2CCC3(C2)OC(=O)Nc2ccc(Cl)cc23)cc1. The van der Waals surface area contributed by atoms with E-state index in [0.29, 0.717) is 34.9 Å². The molecule has 3 aromatic carbocycles. The molecule has 2 fully saturated rings. The number of ether oxygens (including phenoxy) is 2. The summed E-state index contributed by atoms with van der Waals surface area (Å²) < 4.78 is 11.9. The summed E-state index contributed by atoms with van der Waals surface area (Å²) in [6.07, 6.45) is 3.37. The summed E-state index contributed by atoms with van der Waals surface area (Å²) in [5.41, 5.74) is 1.60. The molecule has 11 nitrogen and oxygen atoms in total. The fourth-order valence-electron chi connectivity index (χ4n) is 6.27. The van der Waals surface area contributed by atoms with E-state index in [0.717, 1.165) is 37.0 Å². The lowest BCUT2D eigenvalue weighted by molar-refractivity contribution is -0.133. The maximum Gasteiger partial charge on any atom is 0.412 e. The summed E-state index contributed by atoms with van der Waals surface area (Å²) in [7, 11) is 0. The molecule has 0 aromatic heterocycles. The number of amides is 4. The predicted molar refractivity (Wildman–Crippen MR) is 167 cm³/mol. The second-order valence-corrected chi connectivity index (χ2v) is 12.1. The van der Waals surface area contributed by atoms with Gasteiger partial charge in [-0.3, -0.25) is 20.2 Å². The Hall–Kier alpha value is -4.77. The van der Waals surface area contributed by atoms with Crippen molar-refractivity contribution in [2.24, 2.45) is 0 Å². The number of carbonyl (C=O) groups is 4. The molecular formula is C33H33ClN4O7. The second-order valence-electron chi connectivity index (χ2n) is 11.6. The molecule has 2 atom stereocenters. The Morgan fingerprint density at radius 2 is 1.80 bits per heavy atom. The normalized spacial score (nSPS) is 19.8. The first-order valence-electron chi connectivity index (χ1n) is 14.9. The zero-order valence-electron chi connectivity index (χ0n) is 24.4. The van der Waals surface area contributed by atoms with Crippen molar-refractivity contribution in [3.05, 3.63) is 88.4 Å². The summed E-state index contributed by atoms with van der Waals surface area (Å²) >= 11 is 6.28. The molecule has 4 amide bonds. The van der Waals surface area contributed by atoms with Crippen molar-refractivity contribution in [3.8, 4) is 5.75 Å².